The number of benzene rings is 2. The molecule has 2 aromatic carbocycles. The summed E-state index contributed by atoms with van der Waals surface area (Å²) in [6, 6.07) is 3.88. The maximum Gasteiger partial charge on any atom is 0.161 e. The first kappa shape index (κ1) is 22.9. The van der Waals surface area contributed by atoms with Crippen LogP contribution in [-0.2, 0) is 10.8 Å². The monoisotopic (exact) mass is 400 g/mol. The van der Waals surface area contributed by atoms with Crippen LogP contribution in [0.5, 0.6) is 23.0 Å². The summed E-state index contributed by atoms with van der Waals surface area (Å²) in [4.78, 5) is 0. The van der Waals surface area contributed by atoms with E-state index in [0.717, 1.165) is 17.5 Å². The lowest BCUT2D eigenvalue weighted by Gasteiger charge is -2.33. The van der Waals surface area contributed by atoms with Crippen LogP contribution in [0.15, 0.2) is 12.1 Å². The van der Waals surface area contributed by atoms with Crippen molar-refractivity contribution in [2.24, 2.45) is 0 Å². The molecule has 0 atom stereocenters. The second-order valence-electron chi connectivity index (χ2n) is 10.2. The van der Waals surface area contributed by atoms with Gasteiger partial charge in [-0.2, -0.15) is 0 Å². The van der Waals surface area contributed by atoms with Crippen LogP contribution in [0.25, 0.3) is 0 Å². The molecule has 0 spiro atoms. The zero-order valence-corrected chi connectivity index (χ0v) is 19.2. The second kappa shape index (κ2) is 7.47. The molecule has 2 rings (SSSR count). The van der Waals surface area contributed by atoms with E-state index in [2.05, 4.69) is 6.92 Å². The number of hydrogen-bond donors (Lipinski definition) is 4. The molecule has 0 fully saturated rings. The Kier molecular flexibility index (Phi) is 5.91. The summed E-state index contributed by atoms with van der Waals surface area (Å²) < 4.78 is 0. The van der Waals surface area contributed by atoms with Crippen LogP contribution < -0.4 is 0 Å². The molecular formula is C25H36O4. The summed E-state index contributed by atoms with van der Waals surface area (Å²) in [5.74, 6) is -0.455. The first-order valence-electron chi connectivity index (χ1n) is 10.2. The number of phenolic OH excluding ortho intramolecular Hbond substituents is 4. The fourth-order valence-corrected chi connectivity index (χ4v) is 4.36. The molecule has 0 heterocycles. The van der Waals surface area contributed by atoms with Crippen LogP contribution in [0.3, 0.4) is 0 Å². The molecule has 0 bridgehead atoms. The molecule has 4 N–H and O–H groups in total. The van der Waals surface area contributed by atoms with Crippen LogP contribution in [0.2, 0.25) is 0 Å². The molecule has 160 valence electrons. The first-order chi connectivity index (χ1) is 13.1. The molecule has 0 aliphatic heterocycles. The lowest BCUT2D eigenvalue weighted by atomic mass is 9.72. The highest BCUT2D eigenvalue weighted by Gasteiger charge is 2.33. The van der Waals surface area contributed by atoms with Crippen molar-refractivity contribution in [1.29, 1.82) is 0 Å². The van der Waals surface area contributed by atoms with Gasteiger partial charge in [0.2, 0.25) is 0 Å². The van der Waals surface area contributed by atoms with Crippen molar-refractivity contribution in [1.82, 2.24) is 0 Å². The van der Waals surface area contributed by atoms with E-state index >= 15 is 0 Å². The highest BCUT2D eigenvalue weighted by Crippen LogP contribution is 2.50. The largest absolute Gasteiger partial charge is 0.504 e. The molecule has 29 heavy (non-hydrogen) atoms. The molecule has 4 nitrogen and oxygen atoms in total. The van der Waals surface area contributed by atoms with Gasteiger partial charge in [0, 0.05) is 17.0 Å². The van der Waals surface area contributed by atoms with E-state index in [1.54, 1.807) is 13.8 Å². The average molecular weight is 401 g/mol. The van der Waals surface area contributed by atoms with Crippen molar-refractivity contribution in [3.63, 3.8) is 0 Å². The summed E-state index contributed by atoms with van der Waals surface area (Å²) in [6.07, 6.45) is 0.736. The normalized spacial score (nSPS) is 12.6. The van der Waals surface area contributed by atoms with Crippen LogP contribution in [0, 0.1) is 13.8 Å². The van der Waals surface area contributed by atoms with Gasteiger partial charge in [-0.1, -0.05) is 60.6 Å². The fourth-order valence-electron chi connectivity index (χ4n) is 4.36. The molecule has 2 aromatic rings. The summed E-state index contributed by atoms with van der Waals surface area (Å²) in [5, 5.41) is 42.4. The average Bonchev–Trinajstić information content (AvgIpc) is 2.55. The Hall–Kier alpha value is -2.36. The summed E-state index contributed by atoms with van der Waals surface area (Å²) in [5.41, 5.74) is 3.71. The smallest absolute Gasteiger partial charge is 0.161 e. The van der Waals surface area contributed by atoms with Gasteiger partial charge in [0.15, 0.2) is 23.0 Å². The van der Waals surface area contributed by atoms with Crippen molar-refractivity contribution in [3.8, 4) is 23.0 Å². The number of hydrogen-bond acceptors (Lipinski definition) is 4. The maximum absolute atomic E-state index is 10.8. The minimum absolute atomic E-state index is 0.0806. The molecule has 0 saturated heterocycles. The fraction of sp³-hybridized carbons (Fsp3) is 0.520. The van der Waals surface area contributed by atoms with E-state index in [1.165, 1.54) is 0 Å². The number of aryl methyl sites for hydroxylation is 2. The van der Waals surface area contributed by atoms with Gasteiger partial charge < -0.3 is 20.4 Å². The van der Waals surface area contributed by atoms with Crippen LogP contribution in [0.4, 0.5) is 0 Å². The number of phenols is 4. The van der Waals surface area contributed by atoms with E-state index in [1.807, 2.05) is 53.7 Å². The van der Waals surface area contributed by atoms with Gasteiger partial charge in [-0.3, -0.25) is 0 Å². The van der Waals surface area contributed by atoms with E-state index in [-0.39, 0.29) is 28.9 Å². The van der Waals surface area contributed by atoms with E-state index in [4.69, 9.17) is 0 Å². The van der Waals surface area contributed by atoms with Crippen molar-refractivity contribution in [2.45, 2.75) is 85.5 Å². The van der Waals surface area contributed by atoms with E-state index < -0.39 is 10.8 Å². The van der Waals surface area contributed by atoms with Crippen molar-refractivity contribution < 1.29 is 20.4 Å². The summed E-state index contributed by atoms with van der Waals surface area (Å²) in [6.45, 7) is 17.7. The van der Waals surface area contributed by atoms with E-state index in [9.17, 15) is 20.4 Å². The van der Waals surface area contributed by atoms with Gasteiger partial charge in [-0.25, -0.2) is 0 Å². The molecule has 0 aliphatic rings. The number of rotatable bonds is 3. The van der Waals surface area contributed by atoms with Gasteiger partial charge in [0.25, 0.3) is 0 Å². The predicted molar refractivity (Wildman–Crippen MR) is 119 cm³/mol. The highest BCUT2D eigenvalue weighted by molar-refractivity contribution is 5.62. The Balaban J connectivity index is 2.98. The van der Waals surface area contributed by atoms with Gasteiger partial charge in [-0.05, 0) is 53.4 Å². The molecule has 0 aromatic heterocycles. The van der Waals surface area contributed by atoms with Gasteiger partial charge in [0.05, 0.1) is 0 Å². The minimum atomic E-state index is -0.395. The third kappa shape index (κ3) is 4.03. The third-order valence-electron chi connectivity index (χ3n) is 5.65. The van der Waals surface area contributed by atoms with Gasteiger partial charge in [-0.15, -0.1) is 0 Å². The third-order valence-corrected chi connectivity index (χ3v) is 5.65. The molecule has 0 radical (unpaired) electrons. The lowest BCUT2D eigenvalue weighted by molar-refractivity contribution is 0.381. The minimum Gasteiger partial charge on any atom is -0.504 e. The first-order valence-corrected chi connectivity index (χ1v) is 10.2. The maximum atomic E-state index is 10.8. The standard InChI is InChI=1S/C25H36O4/c1-10-15(16-11-13(2)20(26)22(28)18(16)24(4,5)6)17-12-14(3)21(27)23(29)19(17)25(7,8)9/h11-12,15,26-29H,10H2,1-9H3. The Morgan fingerprint density at radius 1 is 0.655 bits per heavy atom. The van der Waals surface area contributed by atoms with Crippen LogP contribution in [0.1, 0.15) is 94.2 Å². The van der Waals surface area contributed by atoms with Gasteiger partial charge >= 0.3 is 0 Å². The lowest BCUT2D eigenvalue weighted by Crippen LogP contribution is -2.21. The van der Waals surface area contributed by atoms with Crippen molar-refractivity contribution in [2.75, 3.05) is 0 Å². The zero-order valence-electron chi connectivity index (χ0n) is 19.2. The molecule has 0 saturated carbocycles. The molecular weight excluding hydrogens is 364 g/mol. The highest BCUT2D eigenvalue weighted by atomic mass is 16.3. The van der Waals surface area contributed by atoms with Crippen LogP contribution >= 0.6 is 0 Å². The summed E-state index contributed by atoms with van der Waals surface area (Å²) in [7, 11) is 0. The SMILES string of the molecule is CCC(c1cc(C)c(O)c(O)c1C(C)(C)C)c1cc(C)c(O)c(O)c1C(C)(C)C. The van der Waals surface area contributed by atoms with Crippen LogP contribution in [-0.4, -0.2) is 20.4 Å². The van der Waals surface area contributed by atoms with Crippen molar-refractivity contribution >= 4 is 0 Å². The molecule has 4 heteroatoms. The Bertz CT molecular complexity index is 852. The van der Waals surface area contributed by atoms with E-state index in [0.29, 0.717) is 22.3 Å². The topological polar surface area (TPSA) is 80.9 Å². The quantitative estimate of drug-likeness (QED) is 0.458. The predicted octanol–water partition coefficient (Wildman–Crippen LogP) is 6.26. The number of aromatic hydroxyl groups is 4. The molecule has 0 amide bonds. The second-order valence-corrected chi connectivity index (χ2v) is 10.2. The Morgan fingerprint density at radius 3 is 1.21 bits per heavy atom. The van der Waals surface area contributed by atoms with Crippen molar-refractivity contribution in [3.05, 3.63) is 45.5 Å². The zero-order chi connectivity index (χ0) is 22.5. The summed E-state index contributed by atoms with van der Waals surface area (Å²) >= 11 is 0. The molecule has 0 aliphatic carbocycles. The Morgan fingerprint density at radius 2 is 0.966 bits per heavy atom. The molecule has 0 unspecified atom stereocenters. The van der Waals surface area contributed by atoms with Gasteiger partial charge in [0.1, 0.15) is 0 Å². The Labute approximate surface area is 174 Å².